The monoisotopic (exact) mass is 943 g/mol. The van der Waals surface area contributed by atoms with Crippen LogP contribution in [-0.4, -0.2) is 172 Å². The van der Waals surface area contributed by atoms with Gasteiger partial charge in [0.2, 0.25) is 0 Å². The molecule has 0 aromatic carbocycles. The van der Waals surface area contributed by atoms with Crippen molar-refractivity contribution in [2.75, 3.05) is 27.2 Å². The largest absolute Gasteiger partial charge is 0.491 e. The summed E-state index contributed by atoms with van der Waals surface area (Å²) in [6.45, 7) is 23.6. The van der Waals surface area contributed by atoms with Gasteiger partial charge < -0.3 is 85.1 Å². The lowest BCUT2D eigenvalue weighted by atomic mass is 9.69. The maximum Gasteiger partial charge on any atom is 0.412 e. The van der Waals surface area contributed by atoms with Crippen molar-refractivity contribution in [1.29, 1.82) is 0 Å². The van der Waals surface area contributed by atoms with Gasteiger partial charge >= 0.3 is 24.4 Å². The van der Waals surface area contributed by atoms with Crippen LogP contribution in [0, 0.1) is 5.92 Å². The van der Waals surface area contributed by atoms with Crippen LogP contribution in [0.15, 0.2) is 24.2 Å². The highest BCUT2D eigenvalue weighted by atomic mass is 16.7. The predicted octanol–water partition coefficient (Wildman–Crippen LogP) is 2.63. The van der Waals surface area contributed by atoms with Gasteiger partial charge in [-0.05, 0) is 122 Å². The molecule has 0 spiro atoms. The van der Waals surface area contributed by atoms with Crippen LogP contribution in [0.25, 0.3) is 0 Å². The number of nitrogens with zero attached hydrogens (tertiary/aromatic N) is 1. The molecule has 2 saturated carbocycles. The third kappa shape index (κ3) is 14.8. The zero-order valence-electron chi connectivity index (χ0n) is 41.2. The summed E-state index contributed by atoms with van der Waals surface area (Å²) in [5.41, 5.74) is -5.67. The van der Waals surface area contributed by atoms with Gasteiger partial charge in [0.15, 0.2) is 6.29 Å². The highest BCUT2D eigenvalue weighted by Gasteiger charge is 2.57. The number of ether oxygens (including phenoxy) is 7. The minimum absolute atomic E-state index is 0.0243. The van der Waals surface area contributed by atoms with E-state index in [-0.39, 0.29) is 38.0 Å². The Morgan fingerprint density at radius 3 is 1.98 bits per heavy atom. The molecule has 4 aliphatic rings. The Hall–Kier alpha value is -3.96. The molecule has 1 saturated heterocycles. The molecule has 21 heteroatoms. The molecule has 2 aliphatic heterocycles. The summed E-state index contributed by atoms with van der Waals surface area (Å²) in [7, 11) is 3.10. The third-order valence-electron chi connectivity index (χ3n) is 11.7. The van der Waals surface area contributed by atoms with E-state index < -0.39 is 132 Å². The fraction of sp³-hybridized carbons (Fsp3) is 0.822. The molecular weight excluding hydrogens is 865 g/mol. The van der Waals surface area contributed by atoms with Crippen LogP contribution in [0.2, 0.25) is 0 Å². The van der Waals surface area contributed by atoms with E-state index in [0.717, 1.165) is 4.90 Å². The first-order valence-corrected chi connectivity index (χ1v) is 22.7. The summed E-state index contributed by atoms with van der Waals surface area (Å²) in [6.07, 6.45) is -8.09. The van der Waals surface area contributed by atoms with Crippen molar-refractivity contribution in [3.63, 3.8) is 0 Å². The maximum atomic E-state index is 13.5. The first-order chi connectivity index (χ1) is 30.2. The second kappa shape index (κ2) is 21.1. The van der Waals surface area contributed by atoms with E-state index in [1.807, 2.05) is 0 Å². The van der Waals surface area contributed by atoms with E-state index in [0.29, 0.717) is 5.76 Å². The van der Waals surface area contributed by atoms with Gasteiger partial charge in [0, 0.05) is 37.1 Å². The number of aliphatic hydroxyl groups is 4. The summed E-state index contributed by atoms with van der Waals surface area (Å²) < 4.78 is 41.1. The molecule has 2 unspecified atom stereocenters. The predicted molar refractivity (Wildman–Crippen MR) is 240 cm³/mol. The zero-order valence-corrected chi connectivity index (χ0v) is 41.2. The number of aliphatic hydroxyl groups excluding tert-OH is 2. The van der Waals surface area contributed by atoms with Crippen molar-refractivity contribution in [2.45, 2.75) is 204 Å². The summed E-state index contributed by atoms with van der Waals surface area (Å²) in [6, 6.07) is -5.24. The van der Waals surface area contributed by atoms with E-state index in [2.05, 4.69) is 33.2 Å². The Balaban J connectivity index is 1.77. The lowest BCUT2D eigenvalue weighted by Gasteiger charge is -2.54. The molecule has 0 radical (unpaired) electrons. The lowest BCUT2D eigenvalue weighted by molar-refractivity contribution is -0.306. The molecule has 2 heterocycles. The van der Waals surface area contributed by atoms with E-state index >= 15 is 0 Å². The summed E-state index contributed by atoms with van der Waals surface area (Å²) in [5.74, 6) is -0.510. The Kier molecular flexibility index (Phi) is 17.5. The molecule has 0 aromatic heterocycles. The second-order valence-electron chi connectivity index (χ2n) is 21.4. The fourth-order valence-electron chi connectivity index (χ4n) is 8.97. The molecule has 2 aliphatic carbocycles. The van der Waals surface area contributed by atoms with E-state index in [1.165, 1.54) is 20.9 Å². The quantitative estimate of drug-likeness (QED) is 0.0948. The van der Waals surface area contributed by atoms with Crippen molar-refractivity contribution in [2.24, 2.45) is 5.92 Å². The summed E-state index contributed by atoms with van der Waals surface area (Å²) >= 11 is 0. The van der Waals surface area contributed by atoms with Gasteiger partial charge in [0.05, 0.1) is 42.7 Å². The van der Waals surface area contributed by atoms with E-state index in [9.17, 15) is 39.6 Å². The van der Waals surface area contributed by atoms with E-state index in [1.54, 1.807) is 82.4 Å². The molecular formula is C45H78N6O15. The van der Waals surface area contributed by atoms with Gasteiger partial charge in [-0.3, -0.25) is 0 Å². The molecule has 12 atom stereocenters. The smallest absolute Gasteiger partial charge is 0.412 e. The first kappa shape index (κ1) is 54.6. The van der Waals surface area contributed by atoms with Gasteiger partial charge in [-0.1, -0.05) is 6.58 Å². The number of hydrogen-bond donors (Lipinski definition) is 9. The molecule has 4 amide bonds. The number of carbonyl (C=O) groups is 4. The number of likely N-dealkylation sites (N-methyl/N-ethyl adjacent to an activating group) is 2. The van der Waals surface area contributed by atoms with Gasteiger partial charge in [-0.2, -0.15) is 0 Å². The molecule has 3 fully saturated rings. The van der Waals surface area contributed by atoms with E-state index in [4.69, 9.17) is 33.2 Å². The average Bonchev–Trinajstić information content (AvgIpc) is 3.11. The summed E-state index contributed by atoms with van der Waals surface area (Å²) in [4.78, 5) is 53.7. The lowest BCUT2D eigenvalue weighted by Crippen LogP contribution is -2.72. The second-order valence-corrected chi connectivity index (χ2v) is 21.4. The molecule has 0 aromatic rings. The SMILES string of the molecule is C=C(C)OC(=O)N[C@H]1C[C@@H](NC(C)C2(O)CC(NC(=O)OC(C)(C)C)C2)[C@H](O[C@H]2OC[C@](C)(O)[C@H](N(C)C(=O)OC(C)(C)C)[C@H]2O)[C@@H](O)[C@@H]1C1OC(CNC)=CC[C@H]1NC(=O)OC(C)(C)C. The zero-order chi connectivity index (χ0) is 49.9. The van der Waals surface area contributed by atoms with Gasteiger partial charge in [0.1, 0.15) is 46.5 Å². The number of nitrogens with one attached hydrogen (secondary N) is 5. The van der Waals surface area contributed by atoms with Crippen LogP contribution in [0.4, 0.5) is 19.2 Å². The number of amides is 4. The number of allylic oxidation sites excluding steroid dienone is 1. The number of carbonyl (C=O) groups excluding carboxylic acids is 4. The molecule has 378 valence electrons. The van der Waals surface area contributed by atoms with Gasteiger partial charge in [-0.25, -0.2) is 19.2 Å². The maximum absolute atomic E-state index is 13.5. The van der Waals surface area contributed by atoms with Gasteiger partial charge in [0.25, 0.3) is 0 Å². The van der Waals surface area contributed by atoms with Gasteiger partial charge in [-0.15, -0.1) is 0 Å². The molecule has 9 N–H and O–H groups in total. The number of hydrogen-bond acceptors (Lipinski definition) is 17. The van der Waals surface area contributed by atoms with Crippen molar-refractivity contribution in [3.05, 3.63) is 24.2 Å². The minimum atomic E-state index is -1.80. The molecule has 66 heavy (non-hydrogen) atoms. The fourth-order valence-corrected chi connectivity index (χ4v) is 8.97. The Bertz CT molecular complexity index is 1750. The molecule has 21 nitrogen and oxygen atoms in total. The van der Waals surface area contributed by atoms with Crippen LogP contribution in [0.3, 0.4) is 0 Å². The van der Waals surface area contributed by atoms with Crippen molar-refractivity contribution in [1.82, 2.24) is 31.5 Å². The Morgan fingerprint density at radius 2 is 1.44 bits per heavy atom. The van der Waals surface area contributed by atoms with Crippen LogP contribution in [-0.2, 0) is 33.2 Å². The highest BCUT2D eigenvalue weighted by Crippen LogP contribution is 2.41. The van der Waals surface area contributed by atoms with Crippen LogP contribution in [0.1, 0.15) is 109 Å². The topological polar surface area (TPSA) is 277 Å². The van der Waals surface area contributed by atoms with Crippen LogP contribution >= 0.6 is 0 Å². The van der Waals surface area contributed by atoms with Crippen LogP contribution in [0.5, 0.6) is 0 Å². The first-order valence-electron chi connectivity index (χ1n) is 22.7. The summed E-state index contributed by atoms with van der Waals surface area (Å²) in [5, 5.41) is 63.3. The Morgan fingerprint density at radius 1 is 0.879 bits per heavy atom. The normalized spacial score (nSPS) is 34.2. The van der Waals surface area contributed by atoms with Crippen molar-refractivity contribution in [3.8, 4) is 0 Å². The van der Waals surface area contributed by atoms with Crippen molar-refractivity contribution < 1.29 is 72.8 Å². The minimum Gasteiger partial charge on any atom is -0.491 e. The Labute approximate surface area is 389 Å². The average molecular weight is 943 g/mol. The van der Waals surface area contributed by atoms with Crippen molar-refractivity contribution >= 4 is 24.4 Å². The molecule has 4 rings (SSSR count). The standard InChI is InChI=1S/C45H78N6O15/c1-23(2)61-37(54)50-28-18-29(47-24(3)45(59)19-25(20-45)48-38(55)64-41(4,5)6)34(63-36-32(53)35(44(13,58)22-60-36)51(15)40(57)66-43(10,11)12)31(52)30(28)33-27(17-16-26(62-33)21-46-14)49-39(56)65-42(7,8)9/h16,24-25,27-36,46-47,52-53,58-59H,1,17-22H2,2-15H3,(H,48,55)(H,49,56)(H,50,54)/t24?,25?,27-,28+,29-,30-,31+,32-,33?,34+,35-,36-,44+,45?/m1/s1. The molecule has 0 bridgehead atoms. The number of rotatable bonds is 13. The highest BCUT2D eigenvalue weighted by molar-refractivity contribution is 5.70. The van der Waals surface area contributed by atoms with Crippen LogP contribution < -0.4 is 26.6 Å². The number of alkyl carbamates (subject to hydrolysis) is 3. The third-order valence-corrected chi connectivity index (χ3v) is 11.7.